The van der Waals surface area contributed by atoms with Crippen LogP contribution >= 0.6 is 11.3 Å². The number of fused-ring (bicyclic) bond motifs is 1. The van der Waals surface area contributed by atoms with Crippen molar-refractivity contribution in [3.05, 3.63) is 64.3 Å². The van der Waals surface area contributed by atoms with E-state index >= 15 is 0 Å². The Kier molecular flexibility index (Phi) is 7.78. The molecule has 3 aromatic rings. The van der Waals surface area contributed by atoms with E-state index in [-0.39, 0.29) is 18.8 Å². The summed E-state index contributed by atoms with van der Waals surface area (Å²) in [4.78, 5) is 36.0. The van der Waals surface area contributed by atoms with Crippen molar-refractivity contribution < 1.29 is 37.4 Å². The third kappa shape index (κ3) is 5.96. The van der Waals surface area contributed by atoms with Crippen LogP contribution in [0.15, 0.2) is 36.4 Å². The number of hydrogen-bond acceptors (Lipinski definition) is 5. The Hall–Kier alpha value is -3.60. The van der Waals surface area contributed by atoms with Crippen molar-refractivity contribution in [3.8, 4) is 5.75 Å². The van der Waals surface area contributed by atoms with Crippen LogP contribution in [0.4, 0.5) is 13.2 Å². The number of hydrogen-bond donors (Lipinski definition) is 3. The van der Waals surface area contributed by atoms with Crippen LogP contribution in [0.5, 0.6) is 5.75 Å². The largest absolute Gasteiger partial charge is 0.487 e. The van der Waals surface area contributed by atoms with Crippen LogP contribution in [-0.2, 0) is 4.79 Å². The predicted octanol–water partition coefficient (Wildman–Crippen LogP) is 4.50. The maximum absolute atomic E-state index is 14.5. The Balaban J connectivity index is 1.27. The summed E-state index contributed by atoms with van der Waals surface area (Å²) < 4.78 is 48.6. The first-order valence-corrected chi connectivity index (χ1v) is 12.2. The fourth-order valence-electron chi connectivity index (χ4n) is 4.06. The van der Waals surface area contributed by atoms with Crippen LogP contribution in [0.1, 0.15) is 45.7 Å². The number of carboxylic acids is 1. The molecule has 0 atom stereocenters. The third-order valence-electron chi connectivity index (χ3n) is 5.98. The molecule has 4 rings (SSSR count). The first kappa shape index (κ1) is 25.5. The number of carbonyl (C=O) groups is 3. The molecule has 0 aliphatic heterocycles. The number of ether oxygens (including phenoxy) is 1. The lowest BCUT2D eigenvalue weighted by molar-refractivity contribution is -0.143. The van der Waals surface area contributed by atoms with Gasteiger partial charge in [-0.25, -0.2) is 13.2 Å². The van der Waals surface area contributed by atoms with Gasteiger partial charge in [-0.3, -0.25) is 14.4 Å². The molecular weight excluding hydrogens is 497 g/mol. The van der Waals surface area contributed by atoms with Gasteiger partial charge in [0.2, 0.25) is 0 Å². The number of carboxylic acid groups (broad SMARTS) is 1. The van der Waals surface area contributed by atoms with Gasteiger partial charge in [-0.1, -0.05) is 0 Å². The van der Waals surface area contributed by atoms with Crippen molar-refractivity contribution in [3.63, 3.8) is 0 Å². The minimum atomic E-state index is -0.968. The van der Waals surface area contributed by atoms with Crippen LogP contribution in [0.2, 0.25) is 0 Å². The maximum atomic E-state index is 14.5. The van der Waals surface area contributed by atoms with E-state index in [4.69, 9.17) is 9.84 Å². The predicted molar refractivity (Wildman–Crippen MR) is 127 cm³/mol. The highest BCUT2D eigenvalue weighted by Crippen LogP contribution is 2.30. The minimum Gasteiger partial charge on any atom is -0.487 e. The van der Waals surface area contributed by atoms with Crippen molar-refractivity contribution in [1.29, 1.82) is 0 Å². The molecule has 2 aromatic carbocycles. The summed E-state index contributed by atoms with van der Waals surface area (Å²) in [6.45, 7) is 0.00766. The molecule has 0 unspecified atom stereocenters. The Bertz CT molecular complexity index is 1300. The molecule has 1 heterocycles. The van der Waals surface area contributed by atoms with E-state index in [9.17, 15) is 27.6 Å². The summed E-state index contributed by atoms with van der Waals surface area (Å²) in [6.07, 6.45) is 1.16. The highest BCUT2D eigenvalue weighted by atomic mass is 32.1. The Morgan fingerprint density at radius 1 is 0.917 bits per heavy atom. The molecule has 1 aliphatic carbocycles. The van der Waals surface area contributed by atoms with E-state index in [2.05, 4.69) is 10.6 Å². The molecule has 0 saturated heterocycles. The van der Waals surface area contributed by atoms with Crippen LogP contribution < -0.4 is 15.4 Å². The van der Waals surface area contributed by atoms with Gasteiger partial charge < -0.3 is 20.5 Å². The summed E-state index contributed by atoms with van der Waals surface area (Å²) >= 11 is 1.20. The van der Waals surface area contributed by atoms with Crippen molar-refractivity contribution >= 4 is 39.2 Å². The van der Waals surface area contributed by atoms with Gasteiger partial charge in [0, 0.05) is 23.9 Å². The van der Waals surface area contributed by atoms with E-state index in [1.54, 1.807) is 12.1 Å². The molecule has 1 aliphatic rings. The molecule has 0 spiro atoms. The second kappa shape index (κ2) is 11.0. The lowest BCUT2D eigenvalue weighted by Gasteiger charge is -2.27. The number of halogens is 3. The highest BCUT2D eigenvalue weighted by Gasteiger charge is 2.28. The zero-order valence-electron chi connectivity index (χ0n) is 19.0. The molecule has 7 nitrogen and oxygen atoms in total. The summed E-state index contributed by atoms with van der Waals surface area (Å²) in [5.41, 5.74) is -0.507. The van der Waals surface area contributed by atoms with Crippen molar-refractivity contribution in [2.75, 3.05) is 13.1 Å². The normalized spacial score (nSPS) is 17.5. The number of thiophene rings is 1. The van der Waals surface area contributed by atoms with Gasteiger partial charge in [0.1, 0.15) is 11.6 Å². The van der Waals surface area contributed by atoms with Gasteiger partial charge in [0.25, 0.3) is 11.8 Å². The minimum absolute atomic E-state index is 0.0315. The summed E-state index contributed by atoms with van der Waals surface area (Å²) in [6, 6.07) is 7.34. The van der Waals surface area contributed by atoms with Crippen molar-refractivity contribution in [2.24, 2.45) is 5.92 Å². The van der Waals surface area contributed by atoms with Gasteiger partial charge in [0.15, 0.2) is 11.6 Å². The smallest absolute Gasteiger partial charge is 0.306 e. The summed E-state index contributed by atoms with van der Waals surface area (Å²) in [5, 5.41) is 14.7. The SMILES string of the molecule is O=C(NCCNC(=O)c1cc(F)c(O[C@H]2CC[C@@H](C(=O)O)CC2)cc1F)c1cc2cc(F)ccc2s1. The van der Waals surface area contributed by atoms with Crippen LogP contribution in [0.3, 0.4) is 0 Å². The number of rotatable bonds is 8. The zero-order valence-corrected chi connectivity index (χ0v) is 19.8. The first-order chi connectivity index (χ1) is 17.2. The molecule has 1 saturated carbocycles. The van der Waals surface area contributed by atoms with Gasteiger partial charge in [-0.2, -0.15) is 0 Å². The molecule has 3 N–H and O–H groups in total. The summed E-state index contributed by atoms with van der Waals surface area (Å²) in [7, 11) is 0. The second-order valence-corrected chi connectivity index (χ2v) is 9.58. The van der Waals surface area contributed by atoms with Crippen LogP contribution in [0, 0.1) is 23.4 Å². The highest BCUT2D eigenvalue weighted by molar-refractivity contribution is 7.20. The van der Waals surface area contributed by atoms with Gasteiger partial charge in [0.05, 0.1) is 22.5 Å². The Morgan fingerprint density at radius 2 is 1.61 bits per heavy atom. The lowest BCUT2D eigenvalue weighted by atomic mass is 9.87. The van der Waals surface area contributed by atoms with Gasteiger partial charge in [-0.15, -0.1) is 11.3 Å². The molecular formula is C25H23F3N2O5S. The molecule has 1 aromatic heterocycles. The average Bonchev–Trinajstić information content (AvgIpc) is 3.27. The van der Waals surface area contributed by atoms with Gasteiger partial charge >= 0.3 is 5.97 Å². The fourth-order valence-corrected chi connectivity index (χ4v) is 5.02. The number of amides is 2. The molecule has 36 heavy (non-hydrogen) atoms. The monoisotopic (exact) mass is 520 g/mol. The summed E-state index contributed by atoms with van der Waals surface area (Å²) in [5.74, 6) is -5.21. The van der Waals surface area contributed by atoms with E-state index in [1.807, 2.05) is 0 Å². The molecule has 1 fully saturated rings. The Labute approximate surface area is 208 Å². The maximum Gasteiger partial charge on any atom is 0.306 e. The van der Waals surface area contributed by atoms with Gasteiger partial charge in [-0.05, 0) is 61.4 Å². The molecule has 2 amide bonds. The van der Waals surface area contributed by atoms with Crippen LogP contribution in [0.25, 0.3) is 10.1 Å². The third-order valence-corrected chi connectivity index (χ3v) is 7.10. The van der Waals surface area contributed by atoms with E-state index in [1.165, 1.54) is 23.5 Å². The topological polar surface area (TPSA) is 105 Å². The zero-order chi connectivity index (χ0) is 25.8. The molecule has 11 heteroatoms. The number of nitrogens with one attached hydrogen (secondary N) is 2. The number of aliphatic carboxylic acids is 1. The molecule has 0 radical (unpaired) electrons. The van der Waals surface area contributed by atoms with E-state index in [0.717, 1.165) is 16.8 Å². The number of benzene rings is 2. The standard InChI is InChI=1S/C25H23F3N2O5S/c26-15-3-6-21-14(9-15)10-22(36-21)24(32)30-8-7-29-23(31)17-11-19(28)20(12-18(17)27)35-16-4-1-13(2-5-16)25(33)34/h3,6,9-13,16H,1-2,4-5,7-8H2,(H,29,31)(H,30,32)(H,33,34)/t13-,16+. The van der Waals surface area contributed by atoms with E-state index in [0.29, 0.717) is 35.9 Å². The first-order valence-electron chi connectivity index (χ1n) is 11.3. The lowest BCUT2D eigenvalue weighted by Crippen LogP contribution is -2.34. The quantitative estimate of drug-likeness (QED) is 0.380. The average molecular weight is 521 g/mol. The van der Waals surface area contributed by atoms with Crippen LogP contribution in [-0.4, -0.2) is 42.1 Å². The second-order valence-electron chi connectivity index (χ2n) is 8.50. The molecule has 0 bridgehead atoms. The molecule has 190 valence electrons. The fraction of sp³-hybridized carbons (Fsp3) is 0.320. The van der Waals surface area contributed by atoms with E-state index < -0.39 is 52.8 Å². The van der Waals surface area contributed by atoms with Crippen molar-refractivity contribution in [1.82, 2.24) is 10.6 Å². The number of carbonyl (C=O) groups excluding carboxylic acids is 2. The Morgan fingerprint density at radius 3 is 2.31 bits per heavy atom. The van der Waals surface area contributed by atoms with Crippen molar-refractivity contribution in [2.45, 2.75) is 31.8 Å².